The van der Waals surface area contributed by atoms with Crippen LogP contribution in [0, 0.1) is 0 Å². The second-order valence-electron chi connectivity index (χ2n) is 1.87. The van der Waals surface area contributed by atoms with E-state index in [9.17, 15) is 0 Å². The molecule has 0 aliphatic rings. The first-order chi connectivity index (χ1) is 4.31. The fraction of sp³-hybridized carbons (Fsp3) is 0.429. The van der Waals surface area contributed by atoms with Crippen LogP contribution in [-0.2, 0) is 0 Å². The van der Waals surface area contributed by atoms with Gasteiger partial charge in [0.1, 0.15) is 0 Å². The second kappa shape index (κ2) is 5.92. The summed E-state index contributed by atoms with van der Waals surface area (Å²) in [4.78, 5) is 0. The van der Waals surface area contributed by atoms with E-state index in [0.29, 0.717) is 0 Å². The van der Waals surface area contributed by atoms with Crippen LogP contribution in [0.25, 0.3) is 0 Å². The summed E-state index contributed by atoms with van der Waals surface area (Å²) >= 11 is 1.26. The van der Waals surface area contributed by atoms with Crippen LogP contribution in [0.5, 0.6) is 0 Å². The van der Waals surface area contributed by atoms with Gasteiger partial charge >= 0.3 is 0 Å². The Balaban J connectivity index is 3.49. The van der Waals surface area contributed by atoms with Crippen molar-refractivity contribution in [3.8, 4) is 0 Å². The third-order valence-corrected chi connectivity index (χ3v) is 1.48. The Labute approximate surface area is 61.1 Å². The van der Waals surface area contributed by atoms with Crippen molar-refractivity contribution < 1.29 is 0 Å². The van der Waals surface area contributed by atoms with Gasteiger partial charge in [-0.1, -0.05) is 29.7 Å². The zero-order valence-corrected chi connectivity index (χ0v) is 6.74. The molecule has 52 valence electrons. The van der Waals surface area contributed by atoms with Crippen molar-refractivity contribution in [2.45, 2.75) is 20.3 Å². The molecule has 0 atom stereocenters. The van der Waals surface area contributed by atoms with Crippen LogP contribution in [0.15, 0.2) is 23.1 Å². The number of hydrogen-bond acceptors (Lipinski definition) is 2. The van der Waals surface area contributed by atoms with Crippen molar-refractivity contribution in [2.75, 3.05) is 0 Å². The highest BCUT2D eigenvalue weighted by Crippen LogP contribution is 2.04. The molecule has 0 amide bonds. The molecule has 0 bridgehead atoms. The Morgan fingerprint density at radius 3 is 2.78 bits per heavy atom. The first-order valence-electron chi connectivity index (χ1n) is 2.93. The minimum atomic E-state index is 1.01. The van der Waals surface area contributed by atoms with Crippen molar-refractivity contribution in [2.24, 2.45) is 5.14 Å². The number of allylic oxidation sites excluding steroid dienone is 3. The van der Waals surface area contributed by atoms with Crippen molar-refractivity contribution in [1.29, 1.82) is 0 Å². The Bertz CT molecular complexity index is 116. The zero-order chi connectivity index (χ0) is 7.11. The summed E-state index contributed by atoms with van der Waals surface area (Å²) in [6, 6.07) is 0. The van der Waals surface area contributed by atoms with Crippen molar-refractivity contribution in [3.63, 3.8) is 0 Å². The molecule has 0 rings (SSSR count). The zero-order valence-electron chi connectivity index (χ0n) is 5.92. The maximum Gasteiger partial charge on any atom is -0.0133 e. The minimum absolute atomic E-state index is 1.01. The molecule has 0 aromatic heterocycles. The van der Waals surface area contributed by atoms with Gasteiger partial charge in [0.15, 0.2) is 0 Å². The van der Waals surface area contributed by atoms with Gasteiger partial charge < -0.3 is 0 Å². The molecule has 0 aliphatic heterocycles. The van der Waals surface area contributed by atoms with Gasteiger partial charge in [0, 0.05) is 0 Å². The van der Waals surface area contributed by atoms with Gasteiger partial charge in [-0.2, -0.15) is 0 Å². The topological polar surface area (TPSA) is 26.0 Å². The summed E-state index contributed by atoms with van der Waals surface area (Å²) in [6.45, 7) is 4.09. The molecule has 0 spiro atoms. The SMILES string of the molecule is C/C=C/C/C(C)=C/SN. The van der Waals surface area contributed by atoms with E-state index >= 15 is 0 Å². The number of rotatable bonds is 3. The van der Waals surface area contributed by atoms with Crippen molar-refractivity contribution >= 4 is 11.9 Å². The van der Waals surface area contributed by atoms with Crippen LogP contribution in [-0.4, -0.2) is 0 Å². The lowest BCUT2D eigenvalue weighted by molar-refractivity contribution is 1.22. The largest absolute Gasteiger partial charge is 0.274 e. The first kappa shape index (κ1) is 8.79. The molecular formula is C7H13NS. The summed E-state index contributed by atoms with van der Waals surface area (Å²) in [5, 5.41) is 7.18. The predicted molar refractivity (Wildman–Crippen MR) is 45.0 cm³/mol. The molecule has 2 N–H and O–H groups in total. The van der Waals surface area contributed by atoms with Gasteiger partial charge in [-0.25, -0.2) is 0 Å². The predicted octanol–water partition coefficient (Wildman–Crippen LogP) is 2.46. The van der Waals surface area contributed by atoms with Gasteiger partial charge in [0.2, 0.25) is 0 Å². The normalized spacial score (nSPS) is 13.0. The van der Waals surface area contributed by atoms with Crippen LogP contribution in [0.4, 0.5) is 0 Å². The van der Waals surface area contributed by atoms with Crippen LogP contribution in [0.3, 0.4) is 0 Å². The smallest absolute Gasteiger partial charge is 0.0133 e. The van der Waals surface area contributed by atoms with E-state index in [-0.39, 0.29) is 0 Å². The number of hydrogen-bond donors (Lipinski definition) is 1. The molecule has 0 heterocycles. The Kier molecular flexibility index (Phi) is 5.78. The molecule has 0 fully saturated rings. The maximum atomic E-state index is 5.22. The second-order valence-corrected chi connectivity index (χ2v) is 2.38. The highest BCUT2D eigenvalue weighted by Gasteiger charge is 1.81. The van der Waals surface area contributed by atoms with Crippen LogP contribution < -0.4 is 5.14 Å². The van der Waals surface area contributed by atoms with Crippen molar-refractivity contribution in [3.05, 3.63) is 23.1 Å². The Morgan fingerprint density at radius 1 is 1.67 bits per heavy atom. The van der Waals surface area contributed by atoms with E-state index in [1.807, 2.05) is 18.4 Å². The van der Waals surface area contributed by atoms with E-state index in [1.165, 1.54) is 17.5 Å². The lowest BCUT2D eigenvalue weighted by Crippen LogP contribution is -1.74. The molecule has 0 saturated carbocycles. The van der Waals surface area contributed by atoms with E-state index in [0.717, 1.165) is 6.42 Å². The molecule has 0 aliphatic carbocycles. The van der Waals surface area contributed by atoms with E-state index in [1.54, 1.807) is 0 Å². The fourth-order valence-corrected chi connectivity index (χ4v) is 0.797. The van der Waals surface area contributed by atoms with Gasteiger partial charge in [-0.15, -0.1) is 0 Å². The van der Waals surface area contributed by atoms with Gasteiger partial charge in [-0.3, -0.25) is 5.14 Å². The highest BCUT2D eigenvalue weighted by molar-refractivity contribution is 7.99. The van der Waals surface area contributed by atoms with Crippen LogP contribution in [0.2, 0.25) is 0 Å². The third kappa shape index (κ3) is 5.66. The highest BCUT2D eigenvalue weighted by atomic mass is 32.2. The van der Waals surface area contributed by atoms with Crippen molar-refractivity contribution in [1.82, 2.24) is 0 Å². The summed E-state index contributed by atoms with van der Waals surface area (Å²) in [7, 11) is 0. The van der Waals surface area contributed by atoms with Gasteiger partial charge in [-0.05, 0) is 25.7 Å². The quantitative estimate of drug-likeness (QED) is 0.485. The molecule has 0 unspecified atom stereocenters. The molecular weight excluding hydrogens is 130 g/mol. The van der Waals surface area contributed by atoms with E-state index in [4.69, 9.17) is 5.14 Å². The molecule has 0 aromatic carbocycles. The summed E-state index contributed by atoms with van der Waals surface area (Å²) in [5.74, 6) is 0. The van der Waals surface area contributed by atoms with E-state index in [2.05, 4.69) is 13.0 Å². The summed E-state index contributed by atoms with van der Waals surface area (Å²) in [6.07, 6.45) is 5.17. The lowest BCUT2D eigenvalue weighted by Gasteiger charge is -1.90. The molecule has 0 radical (unpaired) electrons. The van der Waals surface area contributed by atoms with Crippen LogP contribution in [0.1, 0.15) is 20.3 Å². The third-order valence-electron chi connectivity index (χ3n) is 0.945. The average molecular weight is 143 g/mol. The molecule has 9 heavy (non-hydrogen) atoms. The van der Waals surface area contributed by atoms with Gasteiger partial charge in [0.05, 0.1) is 0 Å². The lowest BCUT2D eigenvalue weighted by atomic mass is 10.2. The first-order valence-corrected chi connectivity index (χ1v) is 3.88. The molecule has 0 saturated heterocycles. The average Bonchev–Trinajstić information content (AvgIpc) is 1.85. The summed E-state index contributed by atoms with van der Waals surface area (Å²) < 4.78 is 0. The van der Waals surface area contributed by atoms with Gasteiger partial charge in [0.25, 0.3) is 0 Å². The maximum absolute atomic E-state index is 5.22. The minimum Gasteiger partial charge on any atom is -0.274 e. The van der Waals surface area contributed by atoms with E-state index < -0.39 is 0 Å². The standard InChI is InChI=1S/C7H13NS/c1-3-4-5-7(2)6-9-8/h3-4,6H,5,8H2,1-2H3/b4-3+,7-6+. The Hall–Kier alpha value is -0.210. The monoisotopic (exact) mass is 143 g/mol. The Morgan fingerprint density at radius 2 is 2.33 bits per heavy atom. The molecule has 0 aromatic rings. The molecule has 1 nitrogen and oxygen atoms in total. The fourth-order valence-electron chi connectivity index (χ4n) is 0.468. The molecule has 2 heteroatoms. The van der Waals surface area contributed by atoms with Crippen LogP contribution >= 0.6 is 11.9 Å². The number of nitrogens with two attached hydrogens (primary N) is 1. The summed E-state index contributed by atoms with van der Waals surface area (Å²) in [5.41, 5.74) is 1.31.